The van der Waals surface area contributed by atoms with E-state index in [0.717, 1.165) is 74.1 Å². The first-order valence-corrected chi connectivity index (χ1v) is 18.4. The summed E-state index contributed by atoms with van der Waals surface area (Å²) in [5, 5.41) is 8.17. The Kier molecular flexibility index (Phi) is 14.5. The first-order valence-electron chi connectivity index (χ1n) is 18.4. The molecule has 0 saturated carbocycles. The highest BCUT2D eigenvalue weighted by atomic mass is 16.6. The van der Waals surface area contributed by atoms with Crippen LogP contribution >= 0.6 is 0 Å². The maximum absolute atomic E-state index is 12.0. The third-order valence-electron chi connectivity index (χ3n) is 8.90. The van der Waals surface area contributed by atoms with Crippen LogP contribution < -0.4 is 0 Å². The van der Waals surface area contributed by atoms with Crippen molar-refractivity contribution in [3.63, 3.8) is 0 Å². The molecule has 2 aliphatic heterocycles. The summed E-state index contributed by atoms with van der Waals surface area (Å²) in [6, 6.07) is 16.0. The number of benzene rings is 2. The Morgan fingerprint density at radius 2 is 1.04 bits per heavy atom. The highest BCUT2D eigenvalue weighted by Crippen LogP contribution is 2.20. The summed E-state index contributed by atoms with van der Waals surface area (Å²) < 4.78 is 21.3. The molecule has 0 atom stereocenters. The maximum atomic E-state index is 12.0. The van der Waals surface area contributed by atoms with Gasteiger partial charge in [-0.25, -0.2) is 9.59 Å². The number of aryl methyl sites for hydroxylation is 2. The van der Waals surface area contributed by atoms with Gasteiger partial charge in [0.05, 0.1) is 26.3 Å². The molecular weight excluding hydrogens is 664 g/mol. The fourth-order valence-corrected chi connectivity index (χ4v) is 5.79. The van der Waals surface area contributed by atoms with Crippen molar-refractivity contribution in [1.29, 1.82) is 0 Å². The number of hydrogen-bond acceptors (Lipinski definition) is 12. The maximum Gasteiger partial charge on any atom is 0.409 e. The average molecular weight is 717 g/mol. The molecule has 14 heteroatoms. The van der Waals surface area contributed by atoms with Gasteiger partial charge in [0.15, 0.2) is 11.6 Å². The summed E-state index contributed by atoms with van der Waals surface area (Å²) in [6.45, 7) is 16.2. The van der Waals surface area contributed by atoms with Crippen LogP contribution in [0.5, 0.6) is 0 Å². The summed E-state index contributed by atoms with van der Waals surface area (Å²) in [6.07, 6.45) is 3.45. The Labute approximate surface area is 306 Å². The topological polar surface area (TPSA) is 143 Å². The number of aromatic nitrogens is 4. The summed E-state index contributed by atoms with van der Waals surface area (Å²) in [4.78, 5) is 40.9. The summed E-state index contributed by atoms with van der Waals surface area (Å²) in [5.41, 5.74) is 4.18. The molecule has 0 N–H and O–H groups in total. The zero-order valence-electron chi connectivity index (χ0n) is 31.0. The average Bonchev–Trinajstić information content (AvgIpc) is 3.83. The van der Waals surface area contributed by atoms with Gasteiger partial charge >= 0.3 is 12.2 Å². The molecular formula is C38H52N8O6. The molecule has 4 heterocycles. The summed E-state index contributed by atoms with van der Waals surface area (Å²) in [7, 11) is 0. The Morgan fingerprint density at radius 3 is 1.40 bits per heavy atom. The van der Waals surface area contributed by atoms with Gasteiger partial charge in [0, 0.05) is 63.5 Å². The van der Waals surface area contributed by atoms with Gasteiger partial charge in [-0.05, 0) is 51.0 Å². The van der Waals surface area contributed by atoms with Crippen LogP contribution in [0.1, 0.15) is 62.3 Å². The van der Waals surface area contributed by atoms with Gasteiger partial charge in [0.25, 0.3) is 11.8 Å². The van der Waals surface area contributed by atoms with E-state index < -0.39 is 0 Å². The zero-order valence-corrected chi connectivity index (χ0v) is 31.0. The lowest BCUT2D eigenvalue weighted by atomic mass is 10.1. The van der Waals surface area contributed by atoms with Crippen molar-refractivity contribution < 1.29 is 28.1 Å². The number of rotatable bonds is 12. The monoisotopic (exact) mass is 716 g/mol. The number of carbonyl (C=O) groups is 2. The number of amides is 2. The van der Waals surface area contributed by atoms with Crippen molar-refractivity contribution in [2.75, 3.05) is 65.6 Å². The Balaban J connectivity index is 0.000000201. The zero-order chi connectivity index (χ0) is 36.7. The van der Waals surface area contributed by atoms with E-state index in [9.17, 15) is 9.59 Å². The number of nitrogens with zero attached hydrogens (tertiary/aromatic N) is 8. The van der Waals surface area contributed by atoms with Crippen LogP contribution in [0.3, 0.4) is 0 Å². The smallest absolute Gasteiger partial charge is 0.409 e. The van der Waals surface area contributed by atoms with Gasteiger partial charge in [0.1, 0.15) is 0 Å². The number of hydrogen-bond donors (Lipinski definition) is 0. The largest absolute Gasteiger partial charge is 0.449 e. The predicted molar refractivity (Wildman–Crippen MR) is 195 cm³/mol. The van der Waals surface area contributed by atoms with Gasteiger partial charge in [-0.2, -0.15) is 9.97 Å². The minimum absolute atomic E-state index is 0.209. The van der Waals surface area contributed by atoms with Crippen molar-refractivity contribution in [3.8, 4) is 22.9 Å². The lowest BCUT2D eigenvalue weighted by molar-refractivity contribution is 0.0724. The first-order chi connectivity index (χ1) is 25.3. The fraction of sp³-hybridized carbons (Fsp3) is 0.526. The van der Waals surface area contributed by atoms with Crippen LogP contribution in [-0.2, 0) is 22.6 Å². The third-order valence-corrected chi connectivity index (χ3v) is 8.90. The minimum Gasteiger partial charge on any atom is -0.449 e. The van der Waals surface area contributed by atoms with E-state index in [1.165, 1.54) is 0 Å². The molecule has 0 unspecified atom stereocenters. The molecule has 4 aromatic rings. The van der Waals surface area contributed by atoms with Gasteiger partial charge in [-0.3, -0.25) is 9.80 Å². The van der Waals surface area contributed by atoms with Crippen LogP contribution in [0.25, 0.3) is 22.9 Å². The van der Waals surface area contributed by atoms with E-state index in [1.807, 2.05) is 62.4 Å². The molecule has 0 aliphatic carbocycles. The van der Waals surface area contributed by atoms with Gasteiger partial charge in [-0.1, -0.05) is 72.4 Å². The number of unbranched alkanes of at least 4 members (excludes halogenated alkanes) is 2. The molecule has 2 aliphatic rings. The van der Waals surface area contributed by atoms with E-state index in [1.54, 1.807) is 9.80 Å². The van der Waals surface area contributed by atoms with E-state index in [4.69, 9.17) is 18.5 Å². The van der Waals surface area contributed by atoms with E-state index >= 15 is 0 Å². The second kappa shape index (κ2) is 19.7. The van der Waals surface area contributed by atoms with Crippen LogP contribution in [0.2, 0.25) is 0 Å². The van der Waals surface area contributed by atoms with Gasteiger partial charge < -0.3 is 28.3 Å². The SMILES string of the molecule is CCCCOC(=O)N1CCN(Cc2noc(-c3cccc(C)c3)n2)CC1.CCCCOC(=O)N1CCN(Cc2noc(-c3cccc(C)c3)n2)CC1. The standard InChI is InChI=1S/2C19H26N4O3/c2*1-3-4-12-25-19(24)23-10-8-22(9-11-23)14-17-20-18(26-21-17)16-7-5-6-15(2)13-16/h2*5-7,13H,3-4,8-12,14H2,1-2H3. The van der Waals surface area contributed by atoms with Crippen LogP contribution in [0.15, 0.2) is 57.6 Å². The molecule has 0 bridgehead atoms. The molecule has 0 spiro atoms. The second-order valence-corrected chi connectivity index (χ2v) is 13.2. The Bertz CT molecular complexity index is 1570. The molecule has 280 valence electrons. The van der Waals surface area contributed by atoms with Gasteiger partial charge in [0.2, 0.25) is 0 Å². The van der Waals surface area contributed by atoms with Crippen molar-refractivity contribution in [3.05, 3.63) is 71.3 Å². The van der Waals surface area contributed by atoms with Crippen molar-refractivity contribution in [2.45, 2.75) is 66.5 Å². The molecule has 0 radical (unpaired) electrons. The lowest BCUT2D eigenvalue weighted by Gasteiger charge is -2.33. The van der Waals surface area contributed by atoms with Crippen LogP contribution in [0, 0.1) is 13.8 Å². The molecule has 2 aromatic carbocycles. The number of piperazine rings is 2. The normalized spacial score (nSPS) is 15.2. The molecule has 52 heavy (non-hydrogen) atoms. The van der Waals surface area contributed by atoms with Crippen LogP contribution in [0.4, 0.5) is 9.59 Å². The summed E-state index contributed by atoms with van der Waals surface area (Å²) in [5.74, 6) is 2.42. The number of ether oxygens (including phenoxy) is 2. The lowest BCUT2D eigenvalue weighted by Crippen LogP contribution is -2.48. The van der Waals surface area contributed by atoms with E-state index in [-0.39, 0.29) is 12.2 Å². The summed E-state index contributed by atoms with van der Waals surface area (Å²) >= 11 is 0. The predicted octanol–water partition coefficient (Wildman–Crippen LogP) is 6.20. The molecule has 2 saturated heterocycles. The highest BCUT2D eigenvalue weighted by Gasteiger charge is 2.25. The molecule has 2 fully saturated rings. The molecule has 2 aromatic heterocycles. The Hall–Kier alpha value is -4.82. The first kappa shape index (κ1) is 38.4. The van der Waals surface area contributed by atoms with Crippen molar-refractivity contribution in [1.82, 2.24) is 39.9 Å². The molecule has 6 rings (SSSR count). The Morgan fingerprint density at radius 1 is 0.635 bits per heavy atom. The number of carbonyl (C=O) groups excluding carboxylic acids is 2. The third kappa shape index (κ3) is 11.6. The van der Waals surface area contributed by atoms with E-state index in [2.05, 4.69) is 43.9 Å². The molecule has 14 nitrogen and oxygen atoms in total. The van der Waals surface area contributed by atoms with Crippen molar-refractivity contribution in [2.24, 2.45) is 0 Å². The van der Waals surface area contributed by atoms with Crippen LogP contribution in [-0.4, -0.2) is 118 Å². The van der Waals surface area contributed by atoms with Gasteiger partial charge in [-0.15, -0.1) is 0 Å². The fourth-order valence-electron chi connectivity index (χ4n) is 5.79. The quantitative estimate of drug-likeness (QED) is 0.154. The van der Waals surface area contributed by atoms with Crippen molar-refractivity contribution >= 4 is 12.2 Å². The second-order valence-electron chi connectivity index (χ2n) is 13.2. The minimum atomic E-state index is -0.209. The molecule has 2 amide bonds. The highest BCUT2D eigenvalue weighted by molar-refractivity contribution is 5.68. The van der Waals surface area contributed by atoms with E-state index in [0.29, 0.717) is 75.9 Å².